The molecule has 0 radical (unpaired) electrons. The highest BCUT2D eigenvalue weighted by molar-refractivity contribution is 7.88. The Bertz CT molecular complexity index is 649. The van der Waals surface area contributed by atoms with E-state index in [9.17, 15) is 13.2 Å². The van der Waals surface area contributed by atoms with Gasteiger partial charge in [-0.3, -0.25) is 4.79 Å². The first-order valence-corrected chi connectivity index (χ1v) is 8.87. The van der Waals surface area contributed by atoms with Gasteiger partial charge in [-0.15, -0.1) is 0 Å². The molecule has 0 saturated carbocycles. The summed E-state index contributed by atoms with van der Waals surface area (Å²) < 4.78 is 26.2. The number of nitrogens with zero attached hydrogens (tertiary/aromatic N) is 1. The molecule has 21 heavy (non-hydrogen) atoms. The Kier molecular flexibility index (Phi) is 5.14. The van der Waals surface area contributed by atoms with Gasteiger partial charge in [0.25, 0.3) is 0 Å². The van der Waals surface area contributed by atoms with Crippen molar-refractivity contribution in [2.75, 3.05) is 13.1 Å². The summed E-state index contributed by atoms with van der Waals surface area (Å²) in [5, 5.41) is 0.766. The van der Waals surface area contributed by atoms with Crippen LogP contribution >= 0.6 is 23.2 Å². The van der Waals surface area contributed by atoms with Gasteiger partial charge < -0.3 is 5.73 Å². The maximum atomic E-state index is 12.4. The number of primary amides is 1. The topological polar surface area (TPSA) is 80.5 Å². The number of amides is 1. The first-order valence-electron chi connectivity index (χ1n) is 6.50. The molecule has 1 aromatic carbocycles. The molecule has 0 aliphatic carbocycles. The van der Waals surface area contributed by atoms with Crippen molar-refractivity contribution in [1.29, 1.82) is 0 Å². The van der Waals surface area contributed by atoms with Crippen molar-refractivity contribution in [2.24, 2.45) is 11.7 Å². The number of halogens is 2. The third-order valence-corrected chi connectivity index (χ3v) is 5.91. The van der Waals surface area contributed by atoms with Gasteiger partial charge in [0.15, 0.2) is 0 Å². The summed E-state index contributed by atoms with van der Waals surface area (Å²) in [7, 11) is -3.54. The van der Waals surface area contributed by atoms with Crippen LogP contribution in [0.25, 0.3) is 0 Å². The van der Waals surface area contributed by atoms with Crippen molar-refractivity contribution in [2.45, 2.75) is 18.6 Å². The highest BCUT2D eigenvalue weighted by atomic mass is 35.5. The molecule has 5 nitrogen and oxygen atoms in total. The quantitative estimate of drug-likeness (QED) is 0.901. The van der Waals surface area contributed by atoms with Crippen LogP contribution in [0.5, 0.6) is 0 Å². The van der Waals surface area contributed by atoms with Crippen LogP contribution in [0.1, 0.15) is 18.4 Å². The zero-order valence-corrected chi connectivity index (χ0v) is 13.6. The maximum Gasteiger partial charge on any atom is 0.221 e. The van der Waals surface area contributed by atoms with E-state index in [0.29, 0.717) is 35.0 Å². The molecule has 1 atom stereocenters. The largest absolute Gasteiger partial charge is 0.369 e. The monoisotopic (exact) mass is 350 g/mol. The predicted molar refractivity (Wildman–Crippen MR) is 82.6 cm³/mol. The molecule has 116 valence electrons. The summed E-state index contributed by atoms with van der Waals surface area (Å²) in [5.41, 5.74) is 5.76. The average Bonchev–Trinajstić information content (AvgIpc) is 2.42. The molecule has 0 spiro atoms. The predicted octanol–water partition coefficient (Wildman–Crippen LogP) is 2.02. The number of hydrogen-bond donors (Lipinski definition) is 1. The number of carbonyl (C=O) groups excluding carboxylic acids is 1. The summed E-state index contributed by atoms with van der Waals surface area (Å²) in [6.07, 6.45) is 1.25. The lowest BCUT2D eigenvalue weighted by Gasteiger charge is -2.30. The van der Waals surface area contributed by atoms with Gasteiger partial charge in [-0.05, 0) is 30.5 Å². The number of hydrogen-bond acceptors (Lipinski definition) is 3. The second-order valence-corrected chi connectivity index (χ2v) is 7.90. The van der Waals surface area contributed by atoms with Crippen LogP contribution < -0.4 is 5.73 Å². The highest BCUT2D eigenvalue weighted by Crippen LogP contribution is 2.26. The van der Waals surface area contributed by atoms with Crippen LogP contribution in [-0.2, 0) is 20.6 Å². The lowest BCUT2D eigenvalue weighted by atomic mass is 9.99. The van der Waals surface area contributed by atoms with Crippen molar-refractivity contribution in [3.8, 4) is 0 Å². The smallest absolute Gasteiger partial charge is 0.221 e. The average molecular weight is 351 g/mol. The molecule has 1 saturated heterocycles. The molecule has 1 aliphatic heterocycles. The van der Waals surface area contributed by atoms with Gasteiger partial charge in [-0.25, -0.2) is 12.7 Å². The van der Waals surface area contributed by atoms with Crippen LogP contribution in [0.2, 0.25) is 10.0 Å². The van der Waals surface area contributed by atoms with E-state index in [1.54, 1.807) is 12.1 Å². The van der Waals surface area contributed by atoms with Crippen molar-refractivity contribution in [3.63, 3.8) is 0 Å². The Morgan fingerprint density at radius 3 is 2.71 bits per heavy atom. The standard InChI is InChI=1S/C13H16Cl2N2O3S/c14-11-4-3-10(12(15)6-11)8-21(19,20)17-5-1-2-9(7-17)13(16)18/h3-4,6,9H,1-2,5,7-8H2,(H2,16,18). The zero-order valence-electron chi connectivity index (χ0n) is 11.3. The molecule has 0 bridgehead atoms. The lowest BCUT2D eigenvalue weighted by Crippen LogP contribution is -2.44. The van der Waals surface area contributed by atoms with Gasteiger partial charge in [0, 0.05) is 23.1 Å². The summed E-state index contributed by atoms with van der Waals surface area (Å²) in [6, 6.07) is 4.70. The van der Waals surface area contributed by atoms with Crippen molar-refractivity contribution < 1.29 is 13.2 Å². The molecule has 1 aliphatic rings. The molecule has 1 unspecified atom stereocenters. The minimum absolute atomic E-state index is 0.142. The molecule has 8 heteroatoms. The SMILES string of the molecule is NC(=O)C1CCCN(S(=O)(=O)Cc2ccc(Cl)cc2Cl)C1. The van der Waals surface area contributed by atoms with E-state index in [1.807, 2.05) is 0 Å². The van der Waals surface area contributed by atoms with Gasteiger partial charge in [-0.2, -0.15) is 0 Å². The van der Waals surface area contributed by atoms with E-state index in [1.165, 1.54) is 10.4 Å². The number of nitrogens with two attached hydrogens (primary N) is 1. The fraction of sp³-hybridized carbons (Fsp3) is 0.462. The van der Waals surface area contributed by atoms with E-state index in [4.69, 9.17) is 28.9 Å². The molecule has 2 N–H and O–H groups in total. The number of benzene rings is 1. The van der Waals surface area contributed by atoms with Crippen molar-refractivity contribution in [1.82, 2.24) is 4.31 Å². The van der Waals surface area contributed by atoms with Gasteiger partial charge in [0.2, 0.25) is 15.9 Å². The Labute approximate surface area is 134 Å². The molecule has 1 heterocycles. The van der Waals surface area contributed by atoms with Crippen molar-refractivity contribution in [3.05, 3.63) is 33.8 Å². The molecular formula is C13H16Cl2N2O3S. The van der Waals surface area contributed by atoms with Gasteiger partial charge in [0.05, 0.1) is 11.7 Å². The fourth-order valence-corrected chi connectivity index (χ4v) is 4.55. The summed E-state index contributed by atoms with van der Waals surface area (Å²) in [6.45, 7) is 0.542. The first kappa shape index (κ1) is 16.5. The van der Waals surface area contributed by atoms with E-state index in [-0.39, 0.29) is 12.3 Å². The highest BCUT2D eigenvalue weighted by Gasteiger charge is 2.31. The maximum absolute atomic E-state index is 12.4. The third-order valence-electron chi connectivity index (χ3n) is 3.53. The number of carbonyl (C=O) groups is 1. The molecule has 1 amide bonds. The van der Waals surface area contributed by atoms with Crippen LogP contribution in [0, 0.1) is 5.92 Å². The molecule has 1 aromatic rings. The number of piperidine rings is 1. The minimum atomic E-state index is -3.54. The Hall–Kier alpha value is -0.820. The normalized spacial score (nSPS) is 20.4. The van der Waals surface area contributed by atoms with Crippen molar-refractivity contribution >= 4 is 39.1 Å². The van der Waals surface area contributed by atoms with Gasteiger partial charge in [-0.1, -0.05) is 29.3 Å². The molecule has 2 rings (SSSR count). The van der Waals surface area contributed by atoms with Crippen LogP contribution in [-0.4, -0.2) is 31.7 Å². The number of sulfonamides is 1. The van der Waals surface area contributed by atoms with Gasteiger partial charge >= 0.3 is 0 Å². The summed E-state index contributed by atoms with van der Waals surface area (Å²) in [5.74, 6) is -1.09. The lowest BCUT2D eigenvalue weighted by molar-refractivity contribution is -0.122. The molecule has 1 fully saturated rings. The Balaban J connectivity index is 2.16. The third kappa shape index (κ3) is 4.10. The van der Waals surface area contributed by atoms with Crippen LogP contribution in [0.3, 0.4) is 0 Å². The Morgan fingerprint density at radius 2 is 2.10 bits per heavy atom. The summed E-state index contributed by atoms with van der Waals surface area (Å²) >= 11 is 11.8. The van der Waals surface area contributed by atoms with E-state index in [0.717, 1.165) is 0 Å². The second-order valence-electron chi connectivity index (χ2n) is 5.09. The fourth-order valence-electron chi connectivity index (χ4n) is 2.35. The second kappa shape index (κ2) is 6.52. The van der Waals surface area contributed by atoms with E-state index in [2.05, 4.69) is 0 Å². The van der Waals surface area contributed by atoms with Crippen LogP contribution in [0.15, 0.2) is 18.2 Å². The summed E-state index contributed by atoms with van der Waals surface area (Å²) in [4.78, 5) is 11.2. The number of rotatable bonds is 4. The molecular weight excluding hydrogens is 335 g/mol. The zero-order chi connectivity index (χ0) is 15.6. The molecule has 0 aromatic heterocycles. The first-order chi connectivity index (χ1) is 9.79. The minimum Gasteiger partial charge on any atom is -0.369 e. The van der Waals surface area contributed by atoms with Gasteiger partial charge in [0.1, 0.15) is 0 Å². The van der Waals surface area contributed by atoms with E-state index >= 15 is 0 Å². The van der Waals surface area contributed by atoms with Crippen LogP contribution in [0.4, 0.5) is 0 Å². The van der Waals surface area contributed by atoms with E-state index < -0.39 is 21.8 Å². The Morgan fingerprint density at radius 1 is 1.38 bits per heavy atom.